The van der Waals surface area contributed by atoms with Crippen molar-refractivity contribution in [1.29, 1.82) is 0 Å². The smallest absolute Gasteiger partial charge is 0.258 e. The molecular weight excluding hydrogens is 326 g/mol. The van der Waals surface area contributed by atoms with Crippen molar-refractivity contribution in [1.82, 2.24) is 14.9 Å². The summed E-state index contributed by atoms with van der Waals surface area (Å²) in [5.74, 6) is 3.88. The van der Waals surface area contributed by atoms with Crippen LogP contribution in [0.2, 0.25) is 0 Å². The van der Waals surface area contributed by atoms with E-state index in [-0.39, 0.29) is 12.5 Å². The number of fused-ring (bicyclic) bond motifs is 1. The highest BCUT2D eigenvalue weighted by atomic mass is 16.5. The van der Waals surface area contributed by atoms with Crippen LogP contribution in [-0.2, 0) is 17.9 Å². The first-order valence-electron chi connectivity index (χ1n) is 8.43. The zero-order valence-electron chi connectivity index (χ0n) is 15.0. The van der Waals surface area contributed by atoms with Crippen molar-refractivity contribution in [2.24, 2.45) is 0 Å². The van der Waals surface area contributed by atoms with Crippen molar-refractivity contribution in [3.8, 4) is 18.1 Å². The minimum absolute atomic E-state index is 0.0420. The number of nitrogens with one attached hydrogen (secondary N) is 1. The lowest BCUT2D eigenvalue weighted by molar-refractivity contribution is -0.123. The minimum atomic E-state index is -0.204. The summed E-state index contributed by atoms with van der Waals surface area (Å²) in [5, 5.41) is 2.85. The summed E-state index contributed by atoms with van der Waals surface area (Å²) in [6.45, 7) is 4.60. The summed E-state index contributed by atoms with van der Waals surface area (Å²) in [4.78, 5) is 16.7. The van der Waals surface area contributed by atoms with E-state index in [9.17, 15) is 4.79 Å². The van der Waals surface area contributed by atoms with Gasteiger partial charge in [-0.25, -0.2) is 4.98 Å². The summed E-state index contributed by atoms with van der Waals surface area (Å²) >= 11 is 0. The molecule has 1 aromatic heterocycles. The number of carbonyl (C=O) groups is 1. The van der Waals surface area contributed by atoms with Gasteiger partial charge >= 0.3 is 0 Å². The van der Waals surface area contributed by atoms with Gasteiger partial charge in [0.2, 0.25) is 0 Å². The highest BCUT2D eigenvalue weighted by Crippen LogP contribution is 2.19. The number of aromatic nitrogens is 2. The molecule has 0 atom stereocenters. The molecular formula is C21H21N3O2. The molecule has 26 heavy (non-hydrogen) atoms. The van der Waals surface area contributed by atoms with Gasteiger partial charge in [-0.15, -0.1) is 6.42 Å². The fourth-order valence-corrected chi connectivity index (χ4v) is 2.76. The number of nitrogens with zero attached hydrogens (tertiary/aromatic N) is 2. The lowest BCUT2D eigenvalue weighted by Gasteiger charge is -2.11. The molecule has 1 amide bonds. The van der Waals surface area contributed by atoms with Crippen LogP contribution in [0, 0.1) is 26.2 Å². The van der Waals surface area contributed by atoms with Gasteiger partial charge in [-0.3, -0.25) is 4.79 Å². The molecule has 3 aromatic rings. The summed E-state index contributed by atoms with van der Waals surface area (Å²) in [6, 6.07) is 13.7. The second kappa shape index (κ2) is 7.75. The zero-order valence-corrected chi connectivity index (χ0v) is 15.0. The molecule has 0 aliphatic carbocycles. The normalized spacial score (nSPS) is 10.5. The molecule has 0 saturated heterocycles. The number of amides is 1. The number of para-hydroxylation sites is 2. The van der Waals surface area contributed by atoms with E-state index < -0.39 is 0 Å². The molecule has 0 spiro atoms. The Hall–Kier alpha value is -3.26. The first kappa shape index (κ1) is 17.6. The van der Waals surface area contributed by atoms with Gasteiger partial charge in [-0.2, -0.15) is 0 Å². The summed E-state index contributed by atoms with van der Waals surface area (Å²) in [6.07, 6.45) is 5.47. The van der Waals surface area contributed by atoms with Crippen LogP contribution in [-0.4, -0.2) is 22.1 Å². The fraction of sp³-hybridized carbons (Fsp3) is 0.238. The standard InChI is InChI=1S/C21H21N3O2/c1-4-11-24-18-8-6-5-7-17(18)23-20(24)13-22-21(25)14-26-19-12-15(2)9-10-16(19)3/h1,5-10,12H,11,13-14H2,2-3H3,(H,22,25). The van der Waals surface area contributed by atoms with Crippen LogP contribution in [0.25, 0.3) is 11.0 Å². The van der Waals surface area contributed by atoms with Crippen molar-refractivity contribution in [3.63, 3.8) is 0 Å². The number of carbonyl (C=O) groups excluding carboxylic acids is 1. The van der Waals surface area contributed by atoms with E-state index in [0.717, 1.165) is 33.7 Å². The van der Waals surface area contributed by atoms with E-state index in [0.29, 0.717) is 13.1 Å². The largest absolute Gasteiger partial charge is 0.483 e. The highest BCUT2D eigenvalue weighted by molar-refractivity contribution is 5.78. The summed E-state index contributed by atoms with van der Waals surface area (Å²) < 4.78 is 7.56. The molecule has 1 heterocycles. The Morgan fingerprint density at radius 3 is 2.88 bits per heavy atom. The minimum Gasteiger partial charge on any atom is -0.483 e. The molecule has 0 radical (unpaired) electrons. The Balaban J connectivity index is 1.64. The Morgan fingerprint density at radius 1 is 1.27 bits per heavy atom. The topological polar surface area (TPSA) is 56.2 Å². The molecule has 0 bridgehead atoms. The van der Waals surface area contributed by atoms with E-state index in [1.54, 1.807) is 0 Å². The van der Waals surface area contributed by atoms with Gasteiger partial charge in [0.1, 0.15) is 11.6 Å². The molecule has 132 valence electrons. The maximum absolute atomic E-state index is 12.2. The molecule has 5 nitrogen and oxygen atoms in total. The van der Waals surface area contributed by atoms with Gasteiger partial charge in [0, 0.05) is 0 Å². The van der Waals surface area contributed by atoms with E-state index in [2.05, 4.69) is 16.2 Å². The number of ether oxygens (including phenoxy) is 1. The molecule has 0 aliphatic heterocycles. The molecule has 2 aromatic carbocycles. The Bertz CT molecular complexity index is 983. The van der Waals surface area contributed by atoms with Crippen LogP contribution in [0.1, 0.15) is 17.0 Å². The van der Waals surface area contributed by atoms with Crippen LogP contribution in [0.4, 0.5) is 0 Å². The Labute approximate surface area is 153 Å². The van der Waals surface area contributed by atoms with Gasteiger partial charge in [-0.1, -0.05) is 30.2 Å². The molecule has 0 saturated carbocycles. The van der Waals surface area contributed by atoms with Gasteiger partial charge < -0.3 is 14.6 Å². The Kier molecular flexibility index (Phi) is 5.23. The number of imidazole rings is 1. The van der Waals surface area contributed by atoms with Crippen molar-refractivity contribution >= 4 is 16.9 Å². The van der Waals surface area contributed by atoms with E-state index in [4.69, 9.17) is 11.2 Å². The number of benzene rings is 2. The lowest BCUT2D eigenvalue weighted by atomic mass is 10.1. The molecule has 0 aliphatic rings. The van der Waals surface area contributed by atoms with E-state index >= 15 is 0 Å². The van der Waals surface area contributed by atoms with E-state index in [1.807, 2.05) is 60.9 Å². The third-order valence-electron chi connectivity index (χ3n) is 4.13. The molecule has 5 heteroatoms. The SMILES string of the molecule is C#CCn1c(CNC(=O)COc2cc(C)ccc2C)nc2ccccc21. The third-order valence-corrected chi connectivity index (χ3v) is 4.13. The fourth-order valence-electron chi connectivity index (χ4n) is 2.76. The predicted octanol–water partition coefficient (Wildman–Crippen LogP) is 2.98. The molecule has 3 rings (SSSR count). The van der Waals surface area contributed by atoms with Crippen molar-refractivity contribution < 1.29 is 9.53 Å². The van der Waals surface area contributed by atoms with Crippen LogP contribution in [0.3, 0.4) is 0 Å². The maximum Gasteiger partial charge on any atom is 0.258 e. The zero-order chi connectivity index (χ0) is 18.5. The predicted molar refractivity (Wildman–Crippen MR) is 102 cm³/mol. The number of rotatable bonds is 6. The summed E-state index contributed by atoms with van der Waals surface area (Å²) in [7, 11) is 0. The second-order valence-corrected chi connectivity index (χ2v) is 6.14. The average molecular weight is 347 g/mol. The van der Waals surface area contributed by atoms with Crippen LogP contribution in [0.5, 0.6) is 5.75 Å². The van der Waals surface area contributed by atoms with Gasteiger partial charge in [0.25, 0.3) is 5.91 Å². The van der Waals surface area contributed by atoms with Gasteiger partial charge in [-0.05, 0) is 43.2 Å². The first-order valence-corrected chi connectivity index (χ1v) is 8.43. The van der Waals surface area contributed by atoms with Crippen molar-refractivity contribution in [2.75, 3.05) is 6.61 Å². The second-order valence-electron chi connectivity index (χ2n) is 6.14. The quantitative estimate of drug-likeness (QED) is 0.698. The van der Waals surface area contributed by atoms with Crippen LogP contribution < -0.4 is 10.1 Å². The maximum atomic E-state index is 12.2. The van der Waals surface area contributed by atoms with Crippen molar-refractivity contribution in [3.05, 3.63) is 59.4 Å². The van der Waals surface area contributed by atoms with Crippen LogP contribution in [0.15, 0.2) is 42.5 Å². The molecule has 0 fully saturated rings. The number of aryl methyl sites for hydroxylation is 2. The van der Waals surface area contributed by atoms with Gasteiger partial charge in [0.15, 0.2) is 6.61 Å². The van der Waals surface area contributed by atoms with E-state index in [1.165, 1.54) is 0 Å². The molecule has 0 unspecified atom stereocenters. The average Bonchev–Trinajstić information content (AvgIpc) is 2.99. The number of hydrogen-bond donors (Lipinski definition) is 1. The monoisotopic (exact) mass is 347 g/mol. The number of hydrogen-bond acceptors (Lipinski definition) is 3. The van der Waals surface area contributed by atoms with Gasteiger partial charge in [0.05, 0.1) is 24.1 Å². The number of terminal acetylenes is 1. The summed E-state index contributed by atoms with van der Waals surface area (Å²) in [5.41, 5.74) is 3.91. The molecule has 1 N–H and O–H groups in total. The first-order chi connectivity index (χ1) is 12.6. The van der Waals surface area contributed by atoms with Crippen LogP contribution >= 0.6 is 0 Å². The lowest BCUT2D eigenvalue weighted by Crippen LogP contribution is -2.29. The van der Waals surface area contributed by atoms with Crippen molar-refractivity contribution in [2.45, 2.75) is 26.9 Å². The highest BCUT2D eigenvalue weighted by Gasteiger charge is 2.11. The third kappa shape index (κ3) is 3.86. The Morgan fingerprint density at radius 2 is 2.08 bits per heavy atom.